The molecule has 4 amide bonds. The summed E-state index contributed by atoms with van der Waals surface area (Å²) in [5, 5.41) is 5.34. The van der Waals surface area contributed by atoms with E-state index in [-0.39, 0.29) is 12.5 Å². The molecule has 1 aromatic rings. The molecule has 0 aromatic heterocycles. The number of nitrogens with zero attached hydrogens (tertiary/aromatic N) is 1. The molecule has 6 nitrogen and oxygen atoms in total. The maximum absolute atomic E-state index is 13.1. The van der Waals surface area contributed by atoms with Crippen molar-refractivity contribution in [2.75, 3.05) is 13.1 Å². The molecule has 1 heterocycles. The number of imide groups is 1. The summed E-state index contributed by atoms with van der Waals surface area (Å²) < 4.78 is 13.1. The van der Waals surface area contributed by atoms with Crippen molar-refractivity contribution in [2.24, 2.45) is 5.92 Å². The smallest absolute Gasteiger partial charge is 0.325 e. The van der Waals surface area contributed by atoms with Gasteiger partial charge >= 0.3 is 6.03 Å². The van der Waals surface area contributed by atoms with Gasteiger partial charge in [-0.3, -0.25) is 14.5 Å². The van der Waals surface area contributed by atoms with Gasteiger partial charge in [0.1, 0.15) is 17.9 Å². The molecule has 1 fully saturated rings. The minimum Gasteiger partial charge on any atom is -0.354 e. The molecule has 0 aliphatic carbocycles. The standard InChI is InChI=1S/C17H22FN3O3/c1-4-17(12-5-7-13(18)8-6-12)15(23)21(16(24)20-17)10-14(22)19-9-11(2)3/h5-8,11H,4,9-10H2,1-3H3,(H,19,22)(H,20,24)/t17-/m0/s1. The Bertz CT molecular complexity index is 645. The van der Waals surface area contributed by atoms with Gasteiger partial charge in [0.2, 0.25) is 5.91 Å². The number of carbonyl (C=O) groups excluding carboxylic acids is 3. The number of hydrogen-bond donors (Lipinski definition) is 2. The summed E-state index contributed by atoms with van der Waals surface area (Å²) in [5.41, 5.74) is -0.766. The quantitative estimate of drug-likeness (QED) is 0.778. The average molecular weight is 335 g/mol. The number of halogens is 1. The Morgan fingerprint density at radius 1 is 1.29 bits per heavy atom. The molecule has 1 aliphatic rings. The second-order valence-electron chi connectivity index (χ2n) is 6.29. The van der Waals surface area contributed by atoms with Crippen molar-refractivity contribution < 1.29 is 18.8 Å². The van der Waals surface area contributed by atoms with E-state index in [1.807, 2.05) is 13.8 Å². The van der Waals surface area contributed by atoms with Crippen molar-refractivity contribution in [3.05, 3.63) is 35.6 Å². The summed E-state index contributed by atoms with van der Waals surface area (Å²) in [4.78, 5) is 37.9. The van der Waals surface area contributed by atoms with Crippen molar-refractivity contribution >= 4 is 17.8 Å². The molecule has 0 radical (unpaired) electrons. The van der Waals surface area contributed by atoms with Crippen LogP contribution in [0.4, 0.5) is 9.18 Å². The van der Waals surface area contributed by atoms with Crippen LogP contribution in [-0.2, 0) is 15.1 Å². The third-order valence-electron chi connectivity index (χ3n) is 4.05. The van der Waals surface area contributed by atoms with Crippen molar-refractivity contribution in [3.63, 3.8) is 0 Å². The van der Waals surface area contributed by atoms with Crippen LogP contribution >= 0.6 is 0 Å². The van der Waals surface area contributed by atoms with Gasteiger partial charge in [-0.15, -0.1) is 0 Å². The van der Waals surface area contributed by atoms with Crippen LogP contribution in [0.3, 0.4) is 0 Å². The van der Waals surface area contributed by atoms with Gasteiger partial charge in [0.15, 0.2) is 0 Å². The Morgan fingerprint density at radius 2 is 1.92 bits per heavy atom. The number of amides is 4. The first-order chi connectivity index (χ1) is 11.3. The SMILES string of the molecule is CC[C@@]1(c2ccc(F)cc2)NC(=O)N(CC(=O)NCC(C)C)C1=O. The van der Waals surface area contributed by atoms with Crippen molar-refractivity contribution in [3.8, 4) is 0 Å². The van der Waals surface area contributed by atoms with Gasteiger partial charge in [-0.05, 0) is 30.0 Å². The molecule has 24 heavy (non-hydrogen) atoms. The minimum atomic E-state index is -1.26. The molecule has 7 heteroatoms. The molecule has 130 valence electrons. The molecule has 1 aliphatic heterocycles. The lowest BCUT2D eigenvalue weighted by atomic mass is 9.87. The fourth-order valence-corrected chi connectivity index (χ4v) is 2.66. The number of carbonyl (C=O) groups is 3. The van der Waals surface area contributed by atoms with E-state index >= 15 is 0 Å². The van der Waals surface area contributed by atoms with E-state index < -0.39 is 29.2 Å². The maximum atomic E-state index is 13.1. The maximum Gasteiger partial charge on any atom is 0.325 e. The van der Waals surface area contributed by atoms with E-state index in [1.165, 1.54) is 24.3 Å². The summed E-state index contributed by atoms with van der Waals surface area (Å²) >= 11 is 0. The summed E-state index contributed by atoms with van der Waals surface area (Å²) in [6.45, 7) is 5.79. The van der Waals surface area contributed by atoms with Gasteiger partial charge in [-0.1, -0.05) is 32.9 Å². The molecule has 0 unspecified atom stereocenters. The molecule has 2 N–H and O–H groups in total. The zero-order chi connectivity index (χ0) is 17.9. The third-order valence-corrected chi connectivity index (χ3v) is 4.05. The first kappa shape index (κ1) is 17.9. The van der Waals surface area contributed by atoms with Gasteiger partial charge in [-0.2, -0.15) is 0 Å². The Balaban J connectivity index is 2.19. The van der Waals surface area contributed by atoms with Crippen LogP contribution in [0.25, 0.3) is 0 Å². The summed E-state index contributed by atoms with van der Waals surface area (Å²) in [7, 11) is 0. The van der Waals surface area contributed by atoms with Crippen LogP contribution in [0.5, 0.6) is 0 Å². The lowest BCUT2D eigenvalue weighted by Gasteiger charge is -2.25. The van der Waals surface area contributed by atoms with Gasteiger partial charge < -0.3 is 10.6 Å². The first-order valence-electron chi connectivity index (χ1n) is 7.97. The minimum absolute atomic E-state index is 0.269. The van der Waals surface area contributed by atoms with Crippen LogP contribution in [0.2, 0.25) is 0 Å². The highest BCUT2D eigenvalue weighted by Crippen LogP contribution is 2.32. The van der Waals surface area contributed by atoms with Crippen LogP contribution in [-0.4, -0.2) is 35.8 Å². The fraction of sp³-hybridized carbons (Fsp3) is 0.471. The first-order valence-corrected chi connectivity index (χ1v) is 7.97. The van der Waals surface area contributed by atoms with Crippen LogP contribution < -0.4 is 10.6 Å². The second-order valence-corrected chi connectivity index (χ2v) is 6.29. The summed E-state index contributed by atoms with van der Waals surface area (Å²) in [6.07, 6.45) is 0.299. The highest BCUT2D eigenvalue weighted by molar-refractivity contribution is 6.09. The van der Waals surface area contributed by atoms with Gasteiger partial charge in [0, 0.05) is 6.54 Å². The van der Waals surface area contributed by atoms with Crippen molar-refractivity contribution in [1.82, 2.24) is 15.5 Å². The van der Waals surface area contributed by atoms with Gasteiger partial charge in [0.05, 0.1) is 0 Å². The molecule has 0 spiro atoms. The zero-order valence-corrected chi connectivity index (χ0v) is 14.1. The number of hydrogen-bond acceptors (Lipinski definition) is 3. The predicted octanol–water partition coefficient (Wildman–Crippen LogP) is 1.75. The third kappa shape index (κ3) is 3.39. The molecule has 1 aromatic carbocycles. The molecule has 1 saturated heterocycles. The molecule has 0 saturated carbocycles. The number of urea groups is 1. The monoisotopic (exact) mass is 335 g/mol. The largest absolute Gasteiger partial charge is 0.354 e. The topological polar surface area (TPSA) is 78.5 Å². The normalized spacial score (nSPS) is 20.5. The lowest BCUT2D eigenvalue weighted by molar-refractivity contribution is -0.135. The van der Waals surface area contributed by atoms with Crippen molar-refractivity contribution in [1.29, 1.82) is 0 Å². The van der Waals surface area contributed by atoms with Gasteiger partial charge in [0.25, 0.3) is 5.91 Å². The van der Waals surface area contributed by atoms with E-state index in [9.17, 15) is 18.8 Å². The Hall–Kier alpha value is -2.44. The highest BCUT2D eigenvalue weighted by atomic mass is 19.1. The van der Waals surface area contributed by atoms with Crippen molar-refractivity contribution in [2.45, 2.75) is 32.7 Å². The second kappa shape index (κ2) is 6.98. The Kier molecular flexibility index (Phi) is 5.21. The number of rotatable bonds is 6. The zero-order valence-electron chi connectivity index (χ0n) is 14.1. The fourth-order valence-electron chi connectivity index (χ4n) is 2.66. The van der Waals surface area contributed by atoms with E-state index in [1.54, 1.807) is 6.92 Å². The van der Waals surface area contributed by atoms with Crippen LogP contribution in [0.1, 0.15) is 32.8 Å². The van der Waals surface area contributed by atoms with Crippen LogP contribution in [0.15, 0.2) is 24.3 Å². The van der Waals surface area contributed by atoms with E-state index in [0.717, 1.165) is 4.90 Å². The highest BCUT2D eigenvalue weighted by Gasteiger charge is 2.51. The molecular weight excluding hydrogens is 313 g/mol. The lowest BCUT2D eigenvalue weighted by Crippen LogP contribution is -2.45. The summed E-state index contributed by atoms with van der Waals surface area (Å²) in [6, 6.07) is 4.80. The van der Waals surface area contributed by atoms with E-state index in [0.29, 0.717) is 18.5 Å². The molecular formula is C17H22FN3O3. The van der Waals surface area contributed by atoms with Crippen LogP contribution in [0, 0.1) is 11.7 Å². The molecule has 0 bridgehead atoms. The average Bonchev–Trinajstić information content (AvgIpc) is 2.78. The molecule has 2 rings (SSSR count). The predicted molar refractivity (Wildman–Crippen MR) is 86.5 cm³/mol. The Labute approximate surface area is 140 Å². The molecule has 1 atom stereocenters. The van der Waals surface area contributed by atoms with E-state index in [4.69, 9.17) is 0 Å². The summed E-state index contributed by atoms with van der Waals surface area (Å²) in [5.74, 6) is -1.04. The number of benzene rings is 1. The van der Waals surface area contributed by atoms with E-state index in [2.05, 4.69) is 10.6 Å². The van der Waals surface area contributed by atoms with Gasteiger partial charge in [-0.25, -0.2) is 9.18 Å². The number of nitrogens with one attached hydrogen (secondary N) is 2. The Morgan fingerprint density at radius 3 is 2.46 bits per heavy atom.